The molecule has 5 rings (SSSR count). The van der Waals surface area contributed by atoms with Crippen molar-refractivity contribution in [2.45, 2.75) is 0 Å². The number of H-pyrrole nitrogens is 1. The van der Waals surface area contributed by atoms with Gasteiger partial charge in [0.1, 0.15) is 5.52 Å². The number of aromatic amines is 1. The van der Waals surface area contributed by atoms with E-state index in [0.29, 0.717) is 0 Å². The van der Waals surface area contributed by atoms with Crippen molar-refractivity contribution in [3.05, 3.63) is 60.7 Å². The maximum atomic E-state index is 4.82. The quantitative estimate of drug-likeness (QED) is 0.423. The Morgan fingerprint density at radius 3 is 2.19 bits per heavy atom. The highest BCUT2D eigenvalue weighted by Gasteiger charge is 2.08. The number of nitrogens with zero attached hydrogens (tertiary/aromatic N) is 2. The number of para-hydroxylation sites is 1. The van der Waals surface area contributed by atoms with Crippen molar-refractivity contribution >= 4 is 43.9 Å². The molecule has 98 valence electrons. The van der Waals surface area contributed by atoms with Crippen LogP contribution in [0.3, 0.4) is 0 Å². The Morgan fingerprint density at radius 1 is 0.714 bits per heavy atom. The van der Waals surface area contributed by atoms with Crippen LogP contribution in [0.25, 0.3) is 43.9 Å². The van der Waals surface area contributed by atoms with E-state index < -0.39 is 0 Å². The zero-order valence-corrected chi connectivity index (χ0v) is 11.2. The average Bonchev–Trinajstić information content (AvgIpc) is 2.88. The Labute approximate surface area is 120 Å². The monoisotopic (exact) mass is 269 g/mol. The first-order valence-corrected chi connectivity index (χ1v) is 6.95. The minimum Gasteiger partial charge on any atom is -0.338 e. The number of benzene rings is 3. The van der Waals surface area contributed by atoms with Crippen LogP contribution in [0, 0.1) is 0 Å². The number of rotatable bonds is 0. The summed E-state index contributed by atoms with van der Waals surface area (Å²) in [6.45, 7) is 0. The van der Waals surface area contributed by atoms with Crippen molar-refractivity contribution in [1.29, 1.82) is 0 Å². The molecule has 3 nitrogen and oxygen atoms in total. The SMILES string of the molecule is c1ccc2cc3nc4c(nc3cc2c1)[nH]c1ccccc14. The van der Waals surface area contributed by atoms with E-state index in [0.717, 1.165) is 33.1 Å². The summed E-state index contributed by atoms with van der Waals surface area (Å²) in [5, 5.41) is 3.50. The van der Waals surface area contributed by atoms with Gasteiger partial charge in [-0.05, 0) is 29.0 Å². The molecule has 21 heavy (non-hydrogen) atoms. The molecule has 0 atom stereocenters. The highest BCUT2D eigenvalue weighted by atomic mass is 14.9. The van der Waals surface area contributed by atoms with Gasteiger partial charge in [0.05, 0.1) is 11.0 Å². The first kappa shape index (κ1) is 10.8. The van der Waals surface area contributed by atoms with E-state index in [-0.39, 0.29) is 0 Å². The fourth-order valence-electron chi connectivity index (χ4n) is 2.94. The standard InChI is InChI=1S/C18H11N3/c1-2-6-12-10-16-15(9-11(12)5-1)19-17-13-7-3-4-8-14(13)20-18(17)21-16/h1-10H,(H,20,21). The van der Waals surface area contributed by atoms with Crippen LogP contribution in [0.4, 0.5) is 0 Å². The van der Waals surface area contributed by atoms with E-state index in [1.807, 2.05) is 24.3 Å². The molecule has 2 aromatic heterocycles. The molecule has 3 aromatic carbocycles. The molecule has 0 aliphatic carbocycles. The van der Waals surface area contributed by atoms with Gasteiger partial charge in [0.15, 0.2) is 5.65 Å². The summed E-state index contributed by atoms with van der Waals surface area (Å²) in [7, 11) is 0. The third kappa shape index (κ3) is 1.48. The molecule has 0 saturated carbocycles. The molecular formula is C18H11N3. The van der Waals surface area contributed by atoms with Gasteiger partial charge in [0.25, 0.3) is 0 Å². The maximum absolute atomic E-state index is 4.82. The van der Waals surface area contributed by atoms with Crippen molar-refractivity contribution in [3.63, 3.8) is 0 Å². The molecule has 0 bridgehead atoms. The summed E-state index contributed by atoms with van der Waals surface area (Å²) >= 11 is 0. The van der Waals surface area contributed by atoms with Gasteiger partial charge in [-0.2, -0.15) is 0 Å². The Kier molecular flexibility index (Phi) is 1.95. The van der Waals surface area contributed by atoms with Crippen LogP contribution in [-0.4, -0.2) is 15.0 Å². The third-order valence-electron chi connectivity index (χ3n) is 3.97. The largest absolute Gasteiger partial charge is 0.338 e. The van der Waals surface area contributed by atoms with E-state index in [4.69, 9.17) is 9.97 Å². The highest BCUT2D eigenvalue weighted by molar-refractivity contribution is 6.06. The predicted molar refractivity (Wildman–Crippen MR) is 86.4 cm³/mol. The predicted octanol–water partition coefficient (Wildman–Crippen LogP) is 4.42. The van der Waals surface area contributed by atoms with Gasteiger partial charge in [-0.25, -0.2) is 9.97 Å². The lowest BCUT2D eigenvalue weighted by atomic mass is 10.1. The Bertz CT molecular complexity index is 1130. The number of nitrogens with one attached hydrogen (secondary N) is 1. The van der Waals surface area contributed by atoms with Gasteiger partial charge >= 0.3 is 0 Å². The summed E-state index contributed by atoms with van der Waals surface area (Å²) in [6, 6.07) is 20.7. The molecule has 0 spiro atoms. The second-order valence-corrected chi connectivity index (χ2v) is 5.28. The Morgan fingerprint density at radius 2 is 1.38 bits per heavy atom. The van der Waals surface area contributed by atoms with E-state index in [2.05, 4.69) is 41.4 Å². The summed E-state index contributed by atoms with van der Waals surface area (Å²) in [5.41, 5.74) is 4.72. The molecule has 0 saturated heterocycles. The molecule has 0 aliphatic rings. The van der Waals surface area contributed by atoms with Crippen LogP contribution in [0.1, 0.15) is 0 Å². The minimum absolute atomic E-state index is 0.846. The van der Waals surface area contributed by atoms with Gasteiger partial charge in [-0.3, -0.25) is 0 Å². The molecule has 1 N–H and O–H groups in total. The molecule has 2 heterocycles. The molecule has 5 aromatic rings. The van der Waals surface area contributed by atoms with E-state index in [9.17, 15) is 0 Å². The van der Waals surface area contributed by atoms with Crippen molar-refractivity contribution < 1.29 is 0 Å². The summed E-state index contributed by atoms with van der Waals surface area (Å²) < 4.78 is 0. The topological polar surface area (TPSA) is 41.6 Å². The molecule has 0 radical (unpaired) electrons. The lowest BCUT2D eigenvalue weighted by Gasteiger charge is -2.01. The lowest BCUT2D eigenvalue weighted by molar-refractivity contribution is 1.36. The zero-order chi connectivity index (χ0) is 13.8. The van der Waals surface area contributed by atoms with E-state index in [1.54, 1.807) is 0 Å². The molecule has 3 heteroatoms. The van der Waals surface area contributed by atoms with Crippen LogP contribution < -0.4 is 0 Å². The van der Waals surface area contributed by atoms with Crippen LogP contribution in [0.5, 0.6) is 0 Å². The Balaban J connectivity index is 1.99. The zero-order valence-electron chi connectivity index (χ0n) is 11.2. The number of hydrogen-bond acceptors (Lipinski definition) is 2. The normalized spacial score (nSPS) is 11.8. The molecule has 0 fully saturated rings. The van der Waals surface area contributed by atoms with Crippen molar-refractivity contribution in [2.75, 3.05) is 0 Å². The van der Waals surface area contributed by atoms with E-state index in [1.165, 1.54) is 10.8 Å². The van der Waals surface area contributed by atoms with Gasteiger partial charge < -0.3 is 4.98 Å². The number of aromatic nitrogens is 3. The lowest BCUT2D eigenvalue weighted by Crippen LogP contribution is -1.86. The second-order valence-electron chi connectivity index (χ2n) is 5.28. The molecule has 0 unspecified atom stereocenters. The van der Waals surface area contributed by atoms with E-state index >= 15 is 0 Å². The van der Waals surface area contributed by atoms with Gasteiger partial charge in [0.2, 0.25) is 0 Å². The summed E-state index contributed by atoms with van der Waals surface area (Å²) in [5.74, 6) is 0. The smallest absolute Gasteiger partial charge is 0.157 e. The fraction of sp³-hybridized carbons (Fsp3) is 0. The summed E-state index contributed by atoms with van der Waals surface area (Å²) in [6.07, 6.45) is 0. The first-order chi connectivity index (χ1) is 10.4. The Hall–Kier alpha value is -2.94. The van der Waals surface area contributed by atoms with Gasteiger partial charge in [-0.1, -0.05) is 42.5 Å². The van der Waals surface area contributed by atoms with Gasteiger partial charge in [-0.15, -0.1) is 0 Å². The maximum Gasteiger partial charge on any atom is 0.157 e. The van der Waals surface area contributed by atoms with Gasteiger partial charge in [0, 0.05) is 10.9 Å². The second kappa shape index (κ2) is 3.79. The molecular weight excluding hydrogens is 258 g/mol. The van der Waals surface area contributed by atoms with Crippen LogP contribution in [0.15, 0.2) is 60.7 Å². The fourth-order valence-corrected chi connectivity index (χ4v) is 2.94. The average molecular weight is 269 g/mol. The minimum atomic E-state index is 0.846. The van der Waals surface area contributed by atoms with Crippen LogP contribution >= 0.6 is 0 Å². The van der Waals surface area contributed by atoms with Crippen LogP contribution in [-0.2, 0) is 0 Å². The molecule has 0 amide bonds. The van der Waals surface area contributed by atoms with Crippen molar-refractivity contribution in [3.8, 4) is 0 Å². The number of hydrogen-bond donors (Lipinski definition) is 1. The number of fused-ring (bicyclic) bond motifs is 5. The third-order valence-corrected chi connectivity index (χ3v) is 3.97. The highest BCUT2D eigenvalue weighted by Crippen LogP contribution is 2.26. The van der Waals surface area contributed by atoms with Crippen molar-refractivity contribution in [1.82, 2.24) is 15.0 Å². The van der Waals surface area contributed by atoms with Crippen LogP contribution in [0.2, 0.25) is 0 Å². The summed E-state index contributed by atoms with van der Waals surface area (Å²) in [4.78, 5) is 12.9. The molecule has 0 aliphatic heterocycles. The van der Waals surface area contributed by atoms with Crippen molar-refractivity contribution in [2.24, 2.45) is 0 Å². The first-order valence-electron chi connectivity index (χ1n) is 6.95.